The number of hydrogen-bond acceptors (Lipinski definition) is 1. The first-order valence-electron chi connectivity index (χ1n) is 21.2. The zero-order valence-corrected chi connectivity index (χ0v) is 34.2. The lowest BCUT2D eigenvalue weighted by atomic mass is 10.0. The van der Waals surface area contributed by atoms with Crippen LogP contribution < -0.4 is 0 Å². The molecule has 57 heavy (non-hydrogen) atoms. The molecule has 5 aromatic rings. The molecule has 4 nitrogen and oxygen atoms in total. The van der Waals surface area contributed by atoms with Crippen LogP contribution in [0.3, 0.4) is 0 Å². The van der Waals surface area contributed by atoms with Crippen LogP contribution >= 0.6 is 0 Å². The van der Waals surface area contributed by atoms with Crippen LogP contribution in [0.25, 0.3) is 0 Å². The molecule has 4 heteroatoms. The molecule has 0 saturated carbocycles. The predicted octanol–water partition coefficient (Wildman–Crippen LogP) is 13.1. The summed E-state index contributed by atoms with van der Waals surface area (Å²) in [5.74, 6) is 2.96. The summed E-state index contributed by atoms with van der Waals surface area (Å²) < 4.78 is 7.45. The molecule has 2 aliphatic heterocycles. The van der Waals surface area contributed by atoms with Crippen molar-refractivity contribution in [3.05, 3.63) is 129 Å². The average Bonchev–Trinajstić information content (AvgIpc) is 3.90. The van der Waals surface area contributed by atoms with E-state index in [-0.39, 0.29) is 29.7 Å². The normalized spacial score (nSPS) is 15.5. The van der Waals surface area contributed by atoms with Gasteiger partial charge in [0.25, 0.3) is 0 Å². The van der Waals surface area contributed by atoms with E-state index >= 15 is 0 Å². The molecule has 0 atom stereocenters. The van der Waals surface area contributed by atoms with Gasteiger partial charge in [-0.15, -0.1) is 0 Å². The monoisotopic (exact) mass is 767 g/mol. The highest BCUT2D eigenvalue weighted by atomic mass is 15.2. The smallest absolute Gasteiger partial charge is 0.0632 e. The number of rotatable bonds is 5. The lowest BCUT2D eigenvalue weighted by molar-refractivity contribution is 0.589. The third-order valence-electron chi connectivity index (χ3n) is 13.8. The van der Waals surface area contributed by atoms with Crippen LogP contribution in [0.1, 0.15) is 258 Å². The number of pyridine rings is 1. The minimum absolute atomic E-state index is 0. The molecule has 8 aliphatic carbocycles. The van der Waals surface area contributed by atoms with E-state index in [0.29, 0.717) is 12.0 Å². The summed E-state index contributed by atoms with van der Waals surface area (Å²) in [4.78, 5) is 4.50. The van der Waals surface area contributed by atoms with Gasteiger partial charge in [0, 0.05) is 90.1 Å². The van der Waals surface area contributed by atoms with Crippen LogP contribution in [0.5, 0.6) is 0 Å². The van der Waals surface area contributed by atoms with Gasteiger partial charge >= 0.3 is 0 Å². The SMILES string of the molecule is C.C.C.C.CC(C)c1c2c(c3n1C3)C2.CC(C)c1c2c(n3c1C3)C2.CC(C)c1c2c(nc3c1C3)C2.CC(C)n1c2c(c3c1C3)C2.Cc1c2c(c(C(C)C)c3c1C3)C2. The largest absolute Gasteiger partial charge is 0.345 e. The van der Waals surface area contributed by atoms with Crippen molar-refractivity contribution < 1.29 is 0 Å². The summed E-state index contributed by atoms with van der Waals surface area (Å²) in [5.41, 5.74) is 37.5. The maximum absolute atomic E-state index is 4.50. The van der Waals surface area contributed by atoms with Gasteiger partial charge in [-0.25, -0.2) is 0 Å². The Labute approximate surface area is 346 Å². The number of fused-ring (bicyclic) bond motifs is 13. The fraction of sp³-hybridized carbons (Fsp3) is 0.566. The molecule has 0 spiro atoms. The van der Waals surface area contributed by atoms with Gasteiger partial charge in [-0.05, 0) is 141 Å². The van der Waals surface area contributed by atoms with Gasteiger partial charge < -0.3 is 13.7 Å². The van der Waals surface area contributed by atoms with E-state index in [1.807, 2.05) is 0 Å². The van der Waals surface area contributed by atoms with Gasteiger partial charge in [0.05, 0.1) is 13.1 Å². The molecule has 0 amide bonds. The van der Waals surface area contributed by atoms with Crippen molar-refractivity contribution in [1.82, 2.24) is 18.7 Å². The highest BCUT2D eigenvalue weighted by molar-refractivity contribution is 5.69. The van der Waals surface area contributed by atoms with Crippen molar-refractivity contribution in [3.8, 4) is 0 Å². The predicted molar refractivity (Wildman–Crippen MR) is 243 cm³/mol. The van der Waals surface area contributed by atoms with E-state index in [0.717, 1.165) is 17.8 Å². The second-order valence-electron chi connectivity index (χ2n) is 19.4. The summed E-state index contributed by atoms with van der Waals surface area (Å²) in [6.45, 7) is 27.7. The van der Waals surface area contributed by atoms with Crippen molar-refractivity contribution in [1.29, 1.82) is 0 Å². The molecule has 10 aliphatic rings. The highest BCUT2D eigenvalue weighted by Gasteiger charge is 2.42. The molecule has 0 N–H and O–H groups in total. The maximum atomic E-state index is 4.50. The van der Waals surface area contributed by atoms with E-state index in [9.17, 15) is 0 Å². The van der Waals surface area contributed by atoms with Crippen LogP contribution in [0, 0.1) is 6.92 Å². The lowest BCUT2D eigenvalue weighted by Crippen LogP contribution is -2.00. The quantitative estimate of drug-likeness (QED) is 0.171. The Kier molecular flexibility index (Phi) is 9.90. The summed E-state index contributed by atoms with van der Waals surface area (Å²) in [7, 11) is 0. The Balaban J connectivity index is 0.000000107. The molecule has 0 saturated heterocycles. The van der Waals surface area contributed by atoms with Gasteiger partial charge in [0.2, 0.25) is 0 Å². The van der Waals surface area contributed by atoms with E-state index in [4.69, 9.17) is 0 Å². The van der Waals surface area contributed by atoms with E-state index in [2.05, 4.69) is 94.8 Å². The number of aromatic nitrogens is 4. The van der Waals surface area contributed by atoms with Crippen LogP contribution in [-0.4, -0.2) is 18.7 Å². The van der Waals surface area contributed by atoms with Crippen LogP contribution in [0.4, 0.5) is 0 Å². The van der Waals surface area contributed by atoms with E-state index in [1.165, 1.54) is 75.8 Å². The molecule has 4 aromatic heterocycles. The molecule has 0 fully saturated rings. The van der Waals surface area contributed by atoms with Crippen molar-refractivity contribution in [2.75, 3.05) is 0 Å². The number of nitrogens with zero attached hydrogens (tertiary/aromatic N) is 4. The molecule has 306 valence electrons. The Morgan fingerprint density at radius 3 is 1.21 bits per heavy atom. The first kappa shape index (κ1) is 41.4. The summed E-state index contributed by atoms with van der Waals surface area (Å²) in [5, 5.41) is 0. The maximum Gasteiger partial charge on any atom is 0.0632 e. The van der Waals surface area contributed by atoms with Gasteiger partial charge in [0.1, 0.15) is 0 Å². The Bertz CT molecular complexity index is 2200. The molecule has 0 unspecified atom stereocenters. The van der Waals surface area contributed by atoms with Crippen molar-refractivity contribution in [3.63, 3.8) is 0 Å². The minimum Gasteiger partial charge on any atom is -0.345 e. The fourth-order valence-electron chi connectivity index (χ4n) is 10.8. The van der Waals surface area contributed by atoms with E-state index in [1.54, 1.807) is 118 Å². The van der Waals surface area contributed by atoms with Crippen molar-refractivity contribution in [2.45, 2.75) is 200 Å². The van der Waals surface area contributed by atoms with Crippen LogP contribution in [0.2, 0.25) is 0 Å². The molecule has 6 heterocycles. The lowest BCUT2D eigenvalue weighted by Gasteiger charge is -2.08. The van der Waals surface area contributed by atoms with Crippen molar-refractivity contribution in [2.24, 2.45) is 0 Å². The second kappa shape index (κ2) is 13.6. The minimum atomic E-state index is 0. The molecular weight excluding hydrogens is 693 g/mol. The van der Waals surface area contributed by atoms with E-state index < -0.39 is 0 Å². The summed E-state index contributed by atoms with van der Waals surface area (Å²) >= 11 is 0. The molecule has 0 bridgehead atoms. The second-order valence-corrected chi connectivity index (χ2v) is 19.4. The zero-order valence-electron chi connectivity index (χ0n) is 34.2. The van der Waals surface area contributed by atoms with Crippen LogP contribution in [0.15, 0.2) is 0 Å². The van der Waals surface area contributed by atoms with Gasteiger partial charge in [-0.1, -0.05) is 85.1 Å². The Morgan fingerprint density at radius 1 is 0.386 bits per heavy atom. The van der Waals surface area contributed by atoms with Gasteiger partial charge in [0.15, 0.2) is 0 Å². The van der Waals surface area contributed by atoms with Crippen LogP contribution in [-0.2, 0) is 64.5 Å². The van der Waals surface area contributed by atoms with Crippen molar-refractivity contribution >= 4 is 0 Å². The fourth-order valence-corrected chi connectivity index (χ4v) is 10.8. The van der Waals surface area contributed by atoms with Gasteiger partial charge in [-0.3, -0.25) is 4.98 Å². The summed E-state index contributed by atoms with van der Waals surface area (Å²) in [6, 6.07) is 0.697. The molecule has 15 rings (SSSR count). The number of hydrogen-bond donors (Lipinski definition) is 0. The number of benzene rings is 1. The standard InChI is InChI=1S/C12H14.C10H11N.3C9H11N.4CH4/c1-6(2)12-10-4-8(10)7(3)9-5-11(9)12;1-5(2)10-6-3-8(6)11-9-4-7(9)10;1-5(2)10-8-3-6(8)7-4-9(7)10;1-5(2)9-6-3-7(6)10-4-8(9)10;1-5(2)9-7-3-6(7)8-4-10(8)9;;;;/h6H,4-5H2,1-3H3;5H,3-4H2,1-2H3;3*5H,3-4H2,1-2H3;4*1H4. The molecule has 0 radical (unpaired) electrons. The Hall–Kier alpha value is -3.79. The third-order valence-corrected chi connectivity index (χ3v) is 13.8. The Morgan fingerprint density at radius 2 is 0.842 bits per heavy atom. The average molecular weight is 767 g/mol. The molecule has 1 aromatic carbocycles. The zero-order chi connectivity index (χ0) is 36.7. The highest BCUT2D eigenvalue weighted by Crippen LogP contribution is 2.51. The first-order chi connectivity index (χ1) is 25.3. The summed E-state index contributed by atoms with van der Waals surface area (Å²) in [6.07, 6.45) is 10.2. The van der Waals surface area contributed by atoms with Gasteiger partial charge in [-0.2, -0.15) is 0 Å². The topological polar surface area (TPSA) is 27.7 Å². The molecular formula is C53H74N4. The first-order valence-corrected chi connectivity index (χ1v) is 21.2. The third kappa shape index (κ3) is 6.70.